The largest absolute Gasteiger partial charge is 0.380 e. The van der Waals surface area contributed by atoms with Crippen LogP contribution >= 0.6 is 0 Å². The number of rotatable bonds is 6. The van der Waals surface area contributed by atoms with Crippen molar-refractivity contribution in [3.8, 4) is 0 Å². The average Bonchev–Trinajstić information content (AvgIpc) is 2.50. The Kier molecular flexibility index (Phi) is 6.02. The highest BCUT2D eigenvalue weighted by atomic mass is 16.5. The monoisotopic (exact) mass is 276 g/mol. The summed E-state index contributed by atoms with van der Waals surface area (Å²) < 4.78 is 5.17. The number of nitrogens with two attached hydrogens (primary N) is 1. The number of piperidine rings is 1. The Balaban J connectivity index is 2.13. The second kappa shape index (κ2) is 7.77. The Hall–Kier alpha value is -0.900. The molecule has 2 atom stereocenters. The summed E-state index contributed by atoms with van der Waals surface area (Å²) in [7, 11) is 1.73. The second-order valence-corrected chi connectivity index (χ2v) is 5.72. The topological polar surface area (TPSA) is 38.5 Å². The van der Waals surface area contributed by atoms with Crippen LogP contribution < -0.4 is 5.73 Å². The molecule has 2 unspecified atom stereocenters. The van der Waals surface area contributed by atoms with Gasteiger partial charge in [0.05, 0.1) is 6.61 Å². The van der Waals surface area contributed by atoms with Crippen LogP contribution in [-0.2, 0) is 11.3 Å². The quantitative estimate of drug-likeness (QED) is 0.867. The highest BCUT2D eigenvalue weighted by Crippen LogP contribution is 2.29. The third kappa shape index (κ3) is 3.60. The Morgan fingerprint density at radius 2 is 2.05 bits per heavy atom. The molecule has 2 rings (SSSR count). The van der Waals surface area contributed by atoms with E-state index >= 15 is 0 Å². The van der Waals surface area contributed by atoms with Crippen molar-refractivity contribution in [2.24, 2.45) is 5.73 Å². The van der Waals surface area contributed by atoms with Crippen LogP contribution in [0.2, 0.25) is 0 Å². The van der Waals surface area contributed by atoms with Crippen molar-refractivity contribution < 1.29 is 4.74 Å². The Bertz CT molecular complexity index is 390. The van der Waals surface area contributed by atoms with E-state index in [-0.39, 0.29) is 0 Å². The van der Waals surface area contributed by atoms with Crippen LogP contribution in [-0.4, -0.2) is 31.1 Å². The van der Waals surface area contributed by atoms with E-state index < -0.39 is 0 Å². The van der Waals surface area contributed by atoms with Gasteiger partial charge in [0, 0.05) is 25.7 Å². The predicted octanol–water partition coefficient (Wildman–Crippen LogP) is 3.10. The van der Waals surface area contributed by atoms with Gasteiger partial charge in [-0.25, -0.2) is 0 Å². The fraction of sp³-hybridized carbons (Fsp3) is 0.647. The molecule has 0 aromatic heterocycles. The van der Waals surface area contributed by atoms with E-state index in [4.69, 9.17) is 10.5 Å². The minimum atomic E-state index is 0.358. The smallest absolute Gasteiger partial charge is 0.0713 e. The van der Waals surface area contributed by atoms with Crippen LogP contribution in [0.15, 0.2) is 24.3 Å². The highest BCUT2D eigenvalue weighted by molar-refractivity contribution is 5.25. The fourth-order valence-corrected chi connectivity index (χ4v) is 3.34. The van der Waals surface area contributed by atoms with Gasteiger partial charge < -0.3 is 10.5 Å². The maximum absolute atomic E-state index is 6.08. The first-order valence-electron chi connectivity index (χ1n) is 7.83. The number of ether oxygens (including phenoxy) is 1. The normalized spacial score (nSPS) is 21.9. The molecule has 0 spiro atoms. The van der Waals surface area contributed by atoms with Gasteiger partial charge in [0.1, 0.15) is 0 Å². The minimum absolute atomic E-state index is 0.358. The second-order valence-electron chi connectivity index (χ2n) is 5.72. The Labute approximate surface area is 123 Å². The summed E-state index contributed by atoms with van der Waals surface area (Å²) >= 11 is 0. The molecular formula is C17H28N2O. The van der Waals surface area contributed by atoms with Gasteiger partial charge in [0.25, 0.3) is 0 Å². The van der Waals surface area contributed by atoms with Crippen molar-refractivity contribution in [2.45, 2.75) is 51.3 Å². The molecule has 0 radical (unpaired) electrons. The summed E-state index contributed by atoms with van der Waals surface area (Å²) in [6, 6.07) is 9.80. The number of likely N-dealkylation sites (tertiary alicyclic amines) is 1. The van der Waals surface area contributed by atoms with Gasteiger partial charge in [-0.3, -0.25) is 4.90 Å². The molecule has 112 valence electrons. The molecule has 3 nitrogen and oxygen atoms in total. The zero-order valence-electron chi connectivity index (χ0n) is 12.8. The molecule has 1 saturated heterocycles. The van der Waals surface area contributed by atoms with Crippen molar-refractivity contribution in [3.05, 3.63) is 35.4 Å². The number of hydrogen-bond acceptors (Lipinski definition) is 3. The Morgan fingerprint density at radius 3 is 2.65 bits per heavy atom. The van der Waals surface area contributed by atoms with E-state index in [9.17, 15) is 0 Å². The maximum Gasteiger partial charge on any atom is 0.0713 e. The van der Waals surface area contributed by atoms with Gasteiger partial charge in [-0.05, 0) is 36.9 Å². The number of nitrogens with zero attached hydrogens (tertiary/aromatic N) is 1. The standard InChI is InChI=1S/C17H28N2O/c1-3-16-6-4-5-11-19(16)17(12-18)15-9-7-14(8-10-15)13-20-2/h7-10,16-17H,3-6,11-13,18H2,1-2H3. The van der Waals surface area contributed by atoms with E-state index in [1.54, 1.807) is 7.11 Å². The van der Waals surface area contributed by atoms with Crippen LogP contribution in [0, 0.1) is 0 Å². The highest BCUT2D eigenvalue weighted by Gasteiger charge is 2.27. The molecule has 1 fully saturated rings. The van der Waals surface area contributed by atoms with Crippen molar-refractivity contribution >= 4 is 0 Å². The lowest BCUT2D eigenvalue weighted by atomic mass is 9.94. The Morgan fingerprint density at radius 1 is 1.30 bits per heavy atom. The van der Waals surface area contributed by atoms with E-state index in [2.05, 4.69) is 36.1 Å². The third-order valence-electron chi connectivity index (χ3n) is 4.44. The third-order valence-corrected chi connectivity index (χ3v) is 4.44. The molecule has 3 heteroatoms. The van der Waals surface area contributed by atoms with Gasteiger partial charge in [-0.1, -0.05) is 37.6 Å². The van der Waals surface area contributed by atoms with E-state index in [0.29, 0.717) is 25.2 Å². The van der Waals surface area contributed by atoms with Crippen LogP contribution in [0.5, 0.6) is 0 Å². The summed E-state index contributed by atoms with van der Waals surface area (Å²) in [5.74, 6) is 0. The molecule has 20 heavy (non-hydrogen) atoms. The minimum Gasteiger partial charge on any atom is -0.380 e. The number of hydrogen-bond donors (Lipinski definition) is 1. The first-order valence-corrected chi connectivity index (χ1v) is 7.83. The van der Waals surface area contributed by atoms with E-state index in [1.807, 2.05) is 0 Å². The summed E-state index contributed by atoms with van der Waals surface area (Å²) in [6.07, 6.45) is 5.20. The summed E-state index contributed by atoms with van der Waals surface area (Å²) in [5.41, 5.74) is 8.64. The molecule has 0 aliphatic carbocycles. The van der Waals surface area contributed by atoms with E-state index in [1.165, 1.54) is 43.4 Å². The van der Waals surface area contributed by atoms with Crippen molar-refractivity contribution in [2.75, 3.05) is 20.2 Å². The van der Waals surface area contributed by atoms with Gasteiger partial charge in [0.15, 0.2) is 0 Å². The first kappa shape index (κ1) is 15.5. The zero-order chi connectivity index (χ0) is 14.4. The molecule has 0 bridgehead atoms. The summed E-state index contributed by atoms with van der Waals surface area (Å²) in [4.78, 5) is 2.62. The average molecular weight is 276 g/mol. The molecule has 1 aromatic carbocycles. The van der Waals surface area contributed by atoms with Gasteiger partial charge in [-0.2, -0.15) is 0 Å². The van der Waals surface area contributed by atoms with Crippen molar-refractivity contribution in [1.82, 2.24) is 4.90 Å². The van der Waals surface area contributed by atoms with Crippen LogP contribution in [0.3, 0.4) is 0 Å². The molecule has 2 N–H and O–H groups in total. The van der Waals surface area contributed by atoms with Crippen LogP contribution in [0.4, 0.5) is 0 Å². The first-order chi connectivity index (χ1) is 9.80. The summed E-state index contributed by atoms with van der Waals surface area (Å²) in [5, 5.41) is 0. The lowest BCUT2D eigenvalue weighted by molar-refractivity contribution is 0.0949. The van der Waals surface area contributed by atoms with Crippen molar-refractivity contribution in [3.63, 3.8) is 0 Å². The number of methoxy groups -OCH3 is 1. The molecule has 1 aliphatic rings. The van der Waals surface area contributed by atoms with E-state index in [0.717, 1.165) is 0 Å². The lowest BCUT2D eigenvalue weighted by Gasteiger charge is -2.41. The SMILES string of the molecule is CCC1CCCCN1C(CN)c1ccc(COC)cc1. The summed E-state index contributed by atoms with van der Waals surface area (Å²) in [6.45, 7) is 4.84. The van der Waals surface area contributed by atoms with Crippen molar-refractivity contribution in [1.29, 1.82) is 0 Å². The maximum atomic E-state index is 6.08. The molecule has 1 aliphatic heterocycles. The lowest BCUT2D eigenvalue weighted by Crippen LogP contribution is -2.44. The molecule has 1 aromatic rings. The van der Waals surface area contributed by atoms with Gasteiger partial charge >= 0.3 is 0 Å². The fourth-order valence-electron chi connectivity index (χ4n) is 3.34. The van der Waals surface area contributed by atoms with Crippen LogP contribution in [0.25, 0.3) is 0 Å². The van der Waals surface area contributed by atoms with Crippen LogP contribution in [0.1, 0.15) is 49.8 Å². The molecule has 0 amide bonds. The molecule has 0 saturated carbocycles. The zero-order valence-corrected chi connectivity index (χ0v) is 12.8. The van der Waals surface area contributed by atoms with Gasteiger partial charge in [-0.15, -0.1) is 0 Å². The number of benzene rings is 1. The molecular weight excluding hydrogens is 248 g/mol. The predicted molar refractivity (Wildman–Crippen MR) is 83.6 cm³/mol. The van der Waals surface area contributed by atoms with Gasteiger partial charge in [0.2, 0.25) is 0 Å². The molecule has 1 heterocycles.